The van der Waals surface area contributed by atoms with Crippen LogP contribution in [0.4, 0.5) is 25.8 Å². The fraction of sp³-hybridized carbons (Fsp3) is 0.111. The minimum absolute atomic E-state index is 0.00381. The standard InChI is InChI=1S/C36H29F2N5O7S/c1-4-32(44)50-35-25-9-6-5-8-24(25)26(33-30(48-2)10-7-11-31(33)49-3)18-29(35)41-36(45)34-27(37)16-23(17-28(34)38)43(51(46)47)22-14-12-21(13-15-22)42-20-39-19-40-42/h5-20,51H,4H2,1-3H3,(H,41,45). The molecule has 1 amide bonds. The van der Waals surface area contributed by atoms with E-state index in [0.717, 1.165) is 12.1 Å². The number of anilines is 3. The quantitative estimate of drug-likeness (QED) is 0.0861. The molecular formula is C36H29F2N5O7S. The largest absolute Gasteiger partial charge is 0.496 e. The van der Waals surface area contributed by atoms with E-state index in [1.807, 2.05) is 0 Å². The molecule has 0 unspecified atom stereocenters. The number of hydrogen-bond donors (Lipinski definition) is 2. The van der Waals surface area contributed by atoms with Crippen LogP contribution in [0, 0.1) is 11.6 Å². The molecule has 0 aliphatic rings. The number of thiol groups is 1. The van der Waals surface area contributed by atoms with Gasteiger partial charge in [-0.2, -0.15) is 5.10 Å². The van der Waals surface area contributed by atoms with Gasteiger partial charge in [-0.1, -0.05) is 37.3 Å². The van der Waals surface area contributed by atoms with Gasteiger partial charge in [-0.15, -0.1) is 0 Å². The third-order valence-corrected chi connectivity index (χ3v) is 8.67. The van der Waals surface area contributed by atoms with Crippen LogP contribution in [-0.2, 0) is 15.7 Å². The number of methoxy groups -OCH3 is 2. The number of rotatable bonds is 11. The highest BCUT2D eigenvalue weighted by Crippen LogP contribution is 2.47. The number of amides is 1. The van der Waals surface area contributed by atoms with Gasteiger partial charge in [0.05, 0.1) is 42.5 Å². The zero-order valence-electron chi connectivity index (χ0n) is 27.3. The van der Waals surface area contributed by atoms with Gasteiger partial charge in [0.15, 0.2) is 5.75 Å². The summed E-state index contributed by atoms with van der Waals surface area (Å²) in [5, 5.41) is 7.52. The maximum Gasteiger partial charge on any atom is 0.310 e. The van der Waals surface area contributed by atoms with Crippen molar-refractivity contribution < 1.29 is 41.0 Å². The first kappa shape index (κ1) is 34.5. The van der Waals surface area contributed by atoms with Crippen LogP contribution >= 0.6 is 0 Å². The number of esters is 1. The molecule has 12 nitrogen and oxygen atoms in total. The molecule has 0 spiro atoms. The summed E-state index contributed by atoms with van der Waals surface area (Å²) in [6.07, 6.45) is 2.77. The molecule has 5 aromatic carbocycles. The molecule has 0 saturated heterocycles. The Labute approximate surface area is 291 Å². The first-order valence-corrected chi connectivity index (χ1v) is 16.5. The SMILES string of the molecule is CCC(=O)Oc1c(NC(=O)c2c(F)cc(N(c3ccc(-n4cncn4)cc3)[SH](=O)=O)cc2F)cc(-c2c(OC)cccc2OC)c2ccccc12. The fourth-order valence-corrected chi connectivity index (χ4v) is 6.20. The molecule has 51 heavy (non-hydrogen) atoms. The van der Waals surface area contributed by atoms with Crippen LogP contribution in [0.25, 0.3) is 27.6 Å². The first-order valence-electron chi connectivity index (χ1n) is 15.3. The Hall–Kier alpha value is -6.35. The Kier molecular flexibility index (Phi) is 9.91. The van der Waals surface area contributed by atoms with Crippen molar-refractivity contribution in [3.8, 4) is 34.1 Å². The Balaban J connectivity index is 1.43. The molecule has 0 bridgehead atoms. The van der Waals surface area contributed by atoms with Gasteiger partial charge in [0.1, 0.15) is 41.4 Å². The average Bonchev–Trinajstić information content (AvgIpc) is 3.67. The summed E-state index contributed by atoms with van der Waals surface area (Å²) in [4.78, 5) is 30.2. The highest BCUT2D eigenvalue weighted by Gasteiger charge is 2.26. The number of carbonyl (C=O) groups is 2. The molecule has 6 aromatic rings. The van der Waals surface area contributed by atoms with Crippen LogP contribution in [0.2, 0.25) is 0 Å². The smallest absolute Gasteiger partial charge is 0.310 e. The lowest BCUT2D eigenvalue weighted by Crippen LogP contribution is -2.20. The summed E-state index contributed by atoms with van der Waals surface area (Å²) in [6.45, 7) is 1.59. The van der Waals surface area contributed by atoms with Crippen molar-refractivity contribution in [2.75, 3.05) is 23.8 Å². The minimum Gasteiger partial charge on any atom is -0.496 e. The van der Waals surface area contributed by atoms with Gasteiger partial charge in [-0.3, -0.25) is 9.59 Å². The van der Waals surface area contributed by atoms with Gasteiger partial charge in [0.2, 0.25) is 10.9 Å². The summed E-state index contributed by atoms with van der Waals surface area (Å²) in [5.41, 5.74) is 0.162. The zero-order valence-corrected chi connectivity index (χ0v) is 28.2. The second-order valence-electron chi connectivity index (χ2n) is 10.9. The summed E-state index contributed by atoms with van der Waals surface area (Å²) in [5.74, 6) is -3.74. The number of halogens is 2. The van der Waals surface area contributed by atoms with Crippen molar-refractivity contribution >= 4 is 50.6 Å². The highest BCUT2D eigenvalue weighted by atomic mass is 32.2. The maximum absolute atomic E-state index is 15.8. The predicted molar refractivity (Wildman–Crippen MR) is 187 cm³/mol. The first-order chi connectivity index (χ1) is 24.6. The molecule has 0 atom stereocenters. The van der Waals surface area contributed by atoms with Gasteiger partial charge >= 0.3 is 5.97 Å². The second-order valence-corrected chi connectivity index (χ2v) is 11.7. The summed E-state index contributed by atoms with van der Waals surface area (Å²) in [6, 6.07) is 21.0. The molecule has 260 valence electrons. The van der Waals surface area contributed by atoms with Crippen LogP contribution in [0.15, 0.2) is 97.6 Å². The highest BCUT2D eigenvalue weighted by molar-refractivity contribution is 7.74. The van der Waals surface area contributed by atoms with E-state index in [1.54, 1.807) is 61.5 Å². The van der Waals surface area contributed by atoms with Crippen molar-refractivity contribution in [1.82, 2.24) is 14.8 Å². The number of hydrogen-bond acceptors (Lipinski definition) is 9. The molecule has 0 aliphatic carbocycles. The topological polar surface area (TPSA) is 142 Å². The third-order valence-electron chi connectivity index (χ3n) is 7.88. The predicted octanol–water partition coefficient (Wildman–Crippen LogP) is 6.62. The zero-order chi connectivity index (χ0) is 36.2. The van der Waals surface area contributed by atoms with Crippen molar-refractivity contribution in [3.05, 3.63) is 115 Å². The van der Waals surface area contributed by atoms with Gasteiger partial charge in [0.25, 0.3) is 5.91 Å². The van der Waals surface area contributed by atoms with Gasteiger partial charge < -0.3 is 19.5 Å². The van der Waals surface area contributed by atoms with Crippen LogP contribution in [-0.4, -0.2) is 49.3 Å². The van der Waals surface area contributed by atoms with E-state index in [0.29, 0.717) is 43.4 Å². The minimum atomic E-state index is -3.43. The molecule has 0 fully saturated rings. The van der Waals surface area contributed by atoms with Crippen LogP contribution in [0.1, 0.15) is 23.7 Å². The normalized spacial score (nSPS) is 11.0. The summed E-state index contributed by atoms with van der Waals surface area (Å²) in [7, 11) is -0.471. The average molecular weight is 714 g/mol. The van der Waals surface area contributed by atoms with Crippen molar-refractivity contribution in [2.24, 2.45) is 0 Å². The van der Waals surface area contributed by atoms with E-state index in [-0.39, 0.29) is 29.2 Å². The van der Waals surface area contributed by atoms with Crippen molar-refractivity contribution in [1.29, 1.82) is 0 Å². The van der Waals surface area contributed by atoms with Gasteiger partial charge in [-0.05, 0) is 65.5 Å². The number of nitrogens with one attached hydrogen (secondary N) is 1. The molecule has 1 N–H and O–H groups in total. The van der Waals surface area contributed by atoms with Crippen LogP contribution in [0.5, 0.6) is 17.2 Å². The van der Waals surface area contributed by atoms with E-state index < -0.39 is 40.0 Å². The Morgan fingerprint density at radius 1 is 0.863 bits per heavy atom. The summed E-state index contributed by atoms with van der Waals surface area (Å²) < 4.78 is 75.3. The van der Waals surface area contributed by atoms with E-state index in [4.69, 9.17) is 14.2 Å². The van der Waals surface area contributed by atoms with E-state index in [2.05, 4.69) is 15.4 Å². The Bertz CT molecular complexity index is 2300. The molecular weight excluding hydrogens is 684 g/mol. The second kappa shape index (κ2) is 14.6. The molecule has 1 heterocycles. The van der Waals surface area contributed by atoms with E-state index >= 15 is 8.78 Å². The van der Waals surface area contributed by atoms with E-state index in [1.165, 1.54) is 49.8 Å². The molecule has 0 radical (unpaired) electrons. The number of benzene rings is 5. The molecule has 0 aliphatic heterocycles. The number of nitrogens with zero attached hydrogens (tertiary/aromatic N) is 4. The fourth-order valence-electron chi connectivity index (χ4n) is 5.57. The van der Waals surface area contributed by atoms with E-state index in [9.17, 15) is 18.0 Å². The number of ether oxygens (including phenoxy) is 3. The lowest BCUT2D eigenvalue weighted by atomic mass is 9.95. The molecule has 1 aromatic heterocycles. The molecule has 0 saturated carbocycles. The lowest BCUT2D eigenvalue weighted by molar-refractivity contribution is -0.133. The van der Waals surface area contributed by atoms with Crippen molar-refractivity contribution in [3.63, 3.8) is 0 Å². The lowest BCUT2D eigenvalue weighted by Gasteiger charge is -2.21. The molecule has 15 heteroatoms. The number of fused-ring (bicyclic) bond motifs is 1. The third kappa shape index (κ3) is 6.78. The summed E-state index contributed by atoms with van der Waals surface area (Å²) >= 11 is 0. The van der Waals surface area contributed by atoms with Crippen molar-refractivity contribution in [2.45, 2.75) is 13.3 Å². The number of aromatic nitrogens is 3. The Morgan fingerprint density at radius 3 is 2.08 bits per heavy atom. The monoisotopic (exact) mass is 713 g/mol. The Morgan fingerprint density at radius 2 is 1.51 bits per heavy atom. The molecule has 6 rings (SSSR count). The van der Waals surface area contributed by atoms with Gasteiger partial charge in [-0.25, -0.2) is 31.2 Å². The number of carbonyl (C=O) groups excluding carboxylic acids is 2. The van der Waals surface area contributed by atoms with Gasteiger partial charge in [0, 0.05) is 11.8 Å². The van der Waals surface area contributed by atoms with Crippen LogP contribution < -0.4 is 23.8 Å². The van der Waals surface area contributed by atoms with Crippen LogP contribution in [0.3, 0.4) is 0 Å². The maximum atomic E-state index is 15.8.